The van der Waals surface area contributed by atoms with Crippen molar-refractivity contribution in [2.24, 2.45) is 0 Å². The molecule has 0 saturated carbocycles. The summed E-state index contributed by atoms with van der Waals surface area (Å²) >= 11 is 3.38. The predicted octanol–water partition coefficient (Wildman–Crippen LogP) is 2.88. The number of rotatable bonds is 5. The van der Waals surface area contributed by atoms with E-state index in [0.29, 0.717) is 6.61 Å². The molecule has 0 bridgehead atoms. The van der Waals surface area contributed by atoms with Gasteiger partial charge in [0.05, 0.1) is 0 Å². The first kappa shape index (κ1) is 14.2. The zero-order valence-electron chi connectivity index (χ0n) is 10.4. The maximum absolute atomic E-state index is 11.8. The Morgan fingerprint density at radius 3 is 2.76 bits per heavy atom. The number of carbonyl (C=O) groups is 1. The van der Waals surface area contributed by atoms with Crippen LogP contribution < -0.4 is 5.32 Å². The molecule has 0 fully saturated rings. The van der Waals surface area contributed by atoms with Crippen LogP contribution in [0.25, 0.3) is 0 Å². The van der Waals surface area contributed by atoms with E-state index in [1.807, 2.05) is 45.0 Å². The van der Waals surface area contributed by atoms with Crippen molar-refractivity contribution >= 4 is 21.9 Å². The molecule has 3 nitrogen and oxygen atoms in total. The summed E-state index contributed by atoms with van der Waals surface area (Å²) in [5.74, 6) is -0.237. The van der Waals surface area contributed by atoms with Gasteiger partial charge in [0.1, 0.15) is 12.1 Å². The van der Waals surface area contributed by atoms with Crippen LogP contribution in [0.5, 0.6) is 0 Å². The predicted molar refractivity (Wildman–Crippen MR) is 71.7 cm³/mol. The SMILES string of the molecule is CCNC(C)(C)C(=O)OCc1cccc(Br)c1. The summed E-state index contributed by atoms with van der Waals surface area (Å²) < 4.78 is 6.26. The number of hydrogen-bond donors (Lipinski definition) is 1. The summed E-state index contributed by atoms with van der Waals surface area (Å²) in [4.78, 5) is 11.8. The molecular weight excluding hydrogens is 282 g/mol. The molecule has 0 unspecified atom stereocenters. The Balaban J connectivity index is 2.54. The summed E-state index contributed by atoms with van der Waals surface area (Å²) in [7, 11) is 0. The molecule has 94 valence electrons. The van der Waals surface area contributed by atoms with E-state index in [0.717, 1.165) is 16.6 Å². The number of halogens is 1. The minimum Gasteiger partial charge on any atom is -0.459 e. The molecular formula is C13H18BrNO2. The lowest BCUT2D eigenvalue weighted by Crippen LogP contribution is -2.47. The van der Waals surface area contributed by atoms with Gasteiger partial charge in [-0.25, -0.2) is 0 Å². The molecule has 0 aliphatic rings. The third kappa shape index (κ3) is 4.48. The Kier molecular flexibility index (Phi) is 5.15. The summed E-state index contributed by atoms with van der Waals surface area (Å²) in [6.45, 7) is 6.63. The number of ether oxygens (including phenoxy) is 1. The lowest BCUT2D eigenvalue weighted by Gasteiger charge is -2.23. The van der Waals surface area contributed by atoms with Gasteiger partial charge in [-0.3, -0.25) is 4.79 Å². The molecule has 17 heavy (non-hydrogen) atoms. The summed E-state index contributed by atoms with van der Waals surface area (Å²) in [6.07, 6.45) is 0. The molecule has 1 aromatic carbocycles. The van der Waals surface area contributed by atoms with Crippen molar-refractivity contribution in [1.82, 2.24) is 5.32 Å². The summed E-state index contributed by atoms with van der Waals surface area (Å²) in [5.41, 5.74) is 0.334. The maximum atomic E-state index is 11.8. The Morgan fingerprint density at radius 2 is 2.18 bits per heavy atom. The van der Waals surface area contributed by atoms with Gasteiger partial charge in [-0.1, -0.05) is 35.0 Å². The molecule has 1 rings (SSSR count). The van der Waals surface area contributed by atoms with E-state index in [4.69, 9.17) is 4.74 Å². The number of hydrogen-bond acceptors (Lipinski definition) is 3. The van der Waals surface area contributed by atoms with Crippen molar-refractivity contribution in [2.45, 2.75) is 32.9 Å². The third-order valence-electron chi connectivity index (χ3n) is 2.39. The van der Waals surface area contributed by atoms with Crippen LogP contribution in [0.4, 0.5) is 0 Å². The first-order chi connectivity index (χ1) is 7.95. The monoisotopic (exact) mass is 299 g/mol. The molecule has 4 heteroatoms. The van der Waals surface area contributed by atoms with E-state index in [9.17, 15) is 4.79 Å². The van der Waals surface area contributed by atoms with Crippen LogP contribution in [0.3, 0.4) is 0 Å². The quantitative estimate of drug-likeness (QED) is 0.850. The average molecular weight is 300 g/mol. The van der Waals surface area contributed by atoms with E-state index in [2.05, 4.69) is 21.2 Å². The second-order valence-corrected chi connectivity index (χ2v) is 5.28. The first-order valence-corrected chi connectivity index (χ1v) is 6.41. The largest absolute Gasteiger partial charge is 0.459 e. The lowest BCUT2D eigenvalue weighted by molar-refractivity contribution is -0.151. The highest BCUT2D eigenvalue weighted by molar-refractivity contribution is 9.10. The molecule has 0 aliphatic carbocycles. The van der Waals surface area contributed by atoms with Gasteiger partial charge in [-0.2, -0.15) is 0 Å². The first-order valence-electron chi connectivity index (χ1n) is 5.62. The molecule has 0 aliphatic heterocycles. The van der Waals surface area contributed by atoms with Crippen molar-refractivity contribution in [3.63, 3.8) is 0 Å². The van der Waals surface area contributed by atoms with Crippen LogP contribution in [0, 0.1) is 0 Å². The molecule has 0 radical (unpaired) electrons. The second-order valence-electron chi connectivity index (χ2n) is 4.36. The molecule has 1 N–H and O–H groups in total. The Labute approximate surface area is 111 Å². The molecule has 0 atom stereocenters. The fourth-order valence-corrected chi connectivity index (χ4v) is 1.92. The van der Waals surface area contributed by atoms with Gasteiger partial charge in [0.15, 0.2) is 0 Å². The minimum atomic E-state index is -0.638. The van der Waals surface area contributed by atoms with Gasteiger partial charge in [0.2, 0.25) is 0 Å². The Morgan fingerprint density at radius 1 is 1.47 bits per heavy atom. The van der Waals surface area contributed by atoms with Crippen LogP contribution in [0.15, 0.2) is 28.7 Å². The maximum Gasteiger partial charge on any atom is 0.326 e. The van der Waals surface area contributed by atoms with E-state index < -0.39 is 5.54 Å². The number of esters is 1. The van der Waals surface area contributed by atoms with Gasteiger partial charge >= 0.3 is 5.97 Å². The standard InChI is InChI=1S/C13H18BrNO2/c1-4-15-13(2,3)12(16)17-9-10-6-5-7-11(14)8-10/h5-8,15H,4,9H2,1-3H3. The number of carbonyl (C=O) groups excluding carboxylic acids is 1. The Hall–Kier alpha value is -0.870. The fraction of sp³-hybridized carbons (Fsp3) is 0.462. The van der Waals surface area contributed by atoms with Crippen LogP contribution >= 0.6 is 15.9 Å². The normalized spacial score (nSPS) is 11.3. The molecule has 0 saturated heterocycles. The molecule has 0 heterocycles. The van der Waals surface area contributed by atoms with E-state index >= 15 is 0 Å². The molecule has 0 aromatic heterocycles. The van der Waals surface area contributed by atoms with Crippen molar-refractivity contribution in [3.05, 3.63) is 34.3 Å². The highest BCUT2D eigenvalue weighted by atomic mass is 79.9. The lowest BCUT2D eigenvalue weighted by atomic mass is 10.1. The van der Waals surface area contributed by atoms with Crippen molar-refractivity contribution in [3.8, 4) is 0 Å². The van der Waals surface area contributed by atoms with Crippen molar-refractivity contribution in [2.75, 3.05) is 6.54 Å². The Bertz CT molecular complexity index is 391. The number of nitrogens with one attached hydrogen (secondary N) is 1. The van der Waals surface area contributed by atoms with Gasteiger partial charge < -0.3 is 10.1 Å². The highest BCUT2D eigenvalue weighted by Crippen LogP contribution is 2.13. The zero-order chi connectivity index (χ0) is 12.9. The van der Waals surface area contributed by atoms with Gasteiger partial charge in [-0.05, 0) is 38.1 Å². The summed E-state index contributed by atoms with van der Waals surface area (Å²) in [5, 5.41) is 3.09. The fourth-order valence-electron chi connectivity index (χ4n) is 1.47. The van der Waals surface area contributed by atoms with Crippen LogP contribution in [0.1, 0.15) is 26.3 Å². The molecule has 0 amide bonds. The second kappa shape index (κ2) is 6.17. The third-order valence-corrected chi connectivity index (χ3v) is 2.88. The van der Waals surface area contributed by atoms with Gasteiger partial charge in [0.25, 0.3) is 0 Å². The zero-order valence-corrected chi connectivity index (χ0v) is 12.0. The van der Waals surface area contributed by atoms with E-state index in [-0.39, 0.29) is 5.97 Å². The number of benzene rings is 1. The van der Waals surface area contributed by atoms with Crippen molar-refractivity contribution in [1.29, 1.82) is 0 Å². The highest BCUT2D eigenvalue weighted by Gasteiger charge is 2.27. The van der Waals surface area contributed by atoms with Crippen LogP contribution in [-0.2, 0) is 16.1 Å². The van der Waals surface area contributed by atoms with Crippen molar-refractivity contribution < 1.29 is 9.53 Å². The van der Waals surface area contributed by atoms with Gasteiger partial charge in [-0.15, -0.1) is 0 Å². The topological polar surface area (TPSA) is 38.3 Å². The van der Waals surface area contributed by atoms with Gasteiger partial charge in [0, 0.05) is 4.47 Å². The van der Waals surface area contributed by atoms with Crippen LogP contribution in [-0.4, -0.2) is 18.1 Å². The average Bonchev–Trinajstić information content (AvgIpc) is 2.26. The van der Waals surface area contributed by atoms with Crippen LogP contribution in [0.2, 0.25) is 0 Å². The smallest absolute Gasteiger partial charge is 0.326 e. The number of likely N-dealkylation sites (N-methyl/N-ethyl adjacent to an activating group) is 1. The van der Waals surface area contributed by atoms with E-state index in [1.54, 1.807) is 0 Å². The molecule has 1 aromatic rings. The molecule has 0 spiro atoms. The minimum absolute atomic E-state index is 0.237. The summed E-state index contributed by atoms with van der Waals surface area (Å²) in [6, 6.07) is 7.72. The van der Waals surface area contributed by atoms with E-state index in [1.165, 1.54) is 0 Å².